The number of halogens is 1. The van der Waals surface area contributed by atoms with Crippen molar-refractivity contribution in [3.8, 4) is 11.5 Å². The lowest BCUT2D eigenvalue weighted by Crippen LogP contribution is -2.46. The van der Waals surface area contributed by atoms with Crippen LogP contribution in [0.1, 0.15) is 22.2 Å². The maximum Gasteiger partial charge on any atom is 0.226 e. The van der Waals surface area contributed by atoms with Crippen LogP contribution in [-0.2, 0) is 11.3 Å². The van der Waals surface area contributed by atoms with Gasteiger partial charge in [-0.05, 0) is 30.5 Å². The molecule has 1 atom stereocenters. The molecule has 32 heavy (non-hydrogen) atoms. The molecule has 7 nitrogen and oxygen atoms in total. The summed E-state index contributed by atoms with van der Waals surface area (Å²) in [7, 11) is 1.78. The van der Waals surface area contributed by atoms with E-state index in [1.54, 1.807) is 24.6 Å². The van der Waals surface area contributed by atoms with E-state index in [-0.39, 0.29) is 24.0 Å². The minimum absolute atomic E-state index is 0. The van der Waals surface area contributed by atoms with Gasteiger partial charge in [0.05, 0.1) is 31.5 Å². The van der Waals surface area contributed by atoms with E-state index in [1.165, 1.54) is 10.4 Å². The van der Waals surface area contributed by atoms with Crippen LogP contribution in [0.5, 0.6) is 0 Å². The Morgan fingerprint density at radius 2 is 1.97 bits per heavy atom. The molecule has 1 aromatic carbocycles. The monoisotopic (exact) mass is 567 g/mol. The standard InChI is InChI=1S/C23H29N5O2S.HI/c1-17-5-7-18(8-6-17)22-27-19(16-30-22)14-25-23(24-2)26-15-20(21-4-3-13-31-21)28-9-11-29-12-10-28;/h3-8,13,16,20H,9-12,14-15H2,1-2H3,(H2,24,25,26);1H. The minimum Gasteiger partial charge on any atom is -0.444 e. The number of rotatable bonds is 7. The van der Waals surface area contributed by atoms with Gasteiger partial charge in [-0.1, -0.05) is 23.8 Å². The maximum absolute atomic E-state index is 5.65. The molecule has 0 radical (unpaired) electrons. The van der Waals surface area contributed by atoms with Crippen LogP contribution in [-0.4, -0.2) is 55.7 Å². The highest BCUT2D eigenvalue weighted by atomic mass is 127. The van der Waals surface area contributed by atoms with Gasteiger partial charge in [-0.3, -0.25) is 9.89 Å². The summed E-state index contributed by atoms with van der Waals surface area (Å²) in [5.74, 6) is 1.37. The Balaban J connectivity index is 0.00000289. The number of aryl methyl sites for hydroxylation is 1. The number of hydrogen-bond donors (Lipinski definition) is 2. The summed E-state index contributed by atoms with van der Waals surface area (Å²) in [4.78, 5) is 12.8. The van der Waals surface area contributed by atoms with Gasteiger partial charge in [0.1, 0.15) is 6.26 Å². The average Bonchev–Trinajstić information content (AvgIpc) is 3.50. The van der Waals surface area contributed by atoms with Gasteiger partial charge in [-0.25, -0.2) is 4.98 Å². The fourth-order valence-corrected chi connectivity index (χ4v) is 4.45. The van der Waals surface area contributed by atoms with E-state index in [1.807, 2.05) is 12.1 Å². The van der Waals surface area contributed by atoms with Gasteiger partial charge in [0.15, 0.2) is 5.96 Å². The average molecular weight is 567 g/mol. The Bertz CT molecular complexity index is 969. The van der Waals surface area contributed by atoms with E-state index in [9.17, 15) is 0 Å². The van der Waals surface area contributed by atoms with Crippen molar-refractivity contribution in [2.24, 2.45) is 4.99 Å². The Morgan fingerprint density at radius 3 is 2.66 bits per heavy atom. The van der Waals surface area contributed by atoms with Gasteiger partial charge >= 0.3 is 0 Å². The summed E-state index contributed by atoms with van der Waals surface area (Å²) < 4.78 is 11.2. The molecule has 9 heteroatoms. The first-order valence-electron chi connectivity index (χ1n) is 10.5. The molecule has 1 unspecified atom stereocenters. The van der Waals surface area contributed by atoms with E-state index in [0.29, 0.717) is 18.5 Å². The molecule has 0 bridgehead atoms. The van der Waals surface area contributed by atoms with Crippen LogP contribution in [0.2, 0.25) is 0 Å². The Kier molecular flexibility index (Phi) is 9.51. The van der Waals surface area contributed by atoms with E-state index < -0.39 is 0 Å². The molecule has 1 fully saturated rings. The summed E-state index contributed by atoms with van der Waals surface area (Å²) in [5, 5.41) is 8.95. The highest BCUT2D eigenvalue weighted by Gasteiger charge is 2.23. The molecule has 0 amide bonds. The molecule has 1 aliphatic rings. The number of thiophene rings is 1. The van der Waals surface area contributed by atoms with Crippen molar-refractivity contribution < 1.29 is 9.15 Å². The largest absolute Gasteiger partial charge is 0.444 e. The van der Waals surface area contributed by atoms with Crippen LogP contribution in [0.15, 0.2) is 57.5 Å². The third kappa shape index (κ3) is 6.53. The summed E-state index contributed by atoms with van der Waals surface area (Å²) in [6.45, 7) is 6.82. The van der Waals surface area contributed by atoms with Crippen molar-refractivity contribution in [1.82, 2.24) is 20.5 Å². The Hall–Kier alpha value is -1.95. The summed E-state index contributed by atoms with van der Waals surface area (Å²) in [6.07, 6.45) is 1.69. The molecule has 2 aromatic heterocycles. The number of hydrogen-bond acceptors (Lipinski definition) is 6. The summed E-state index contributed by atoms with van der Waals surface area (Å²) in [5.41, 5.74) is 3.02. The van der Waals surface area contributed by atoms with Crippen molar-refractivity contribution in [2.75, 3.05) is 39.9 Å². The molecule has 1 aliphatic heterocycles. The third-order valence-electron chi connectivity index (χ3n) is 5.33. The number of oxazole rings is 1. The normalized spacial score (nSPS) is 15.8. The van der Waals surface area contributed by atoms with Gasteiger partial charge < -0.3 is 19.8 Å². The van der Waals surface area contributed by atoms with E-state index in [4.69, 9.17) is 9.15 Å². The predicted molar refractivity (Wildman–Crippen MR) is 140 cm³/mol. The highest BCUT2D eigenvalue weighted by Crippen LogP contribution is 2.25. The van der Waals surface area contributed by atoms with Gasteiger partial charge in [0.2, 0.25) is 5.89 Å². The second kappa shape index (κ2) is 12.3. The fourth-order valence-electron chi connectivity index (χ4n) is 3.58. The molecule has 1 saturated heterocycles. The van der Waals surface area contributed by atoms with E-state index in [2.05, 4.69) is 62.1 Å². The summed E-state index contributed by atoms with van der Waals surface area (Å²) >= 11 is 1.79. The molecule has 4 rings (SSSR count). The second-order valence-electron chi connectivity index (χ2n) is 7.50. The minimum atomic E-state index is 0. The van der Waals surface area contributed by atoms with Gasteiger partial charge in [-0.2, -0.15) is 0 Å². The molecule has 0 saturated carbocycles. The van der Waals surface area contributed by atoms with Crippen molar-refractivity contribution in [3.05, 3.63) is 64.2 Å². The lowest BCUT2D eigenvalue weighted by Gasteiger charge is -2.34. The fraction of sp³-hybridized carbons (Fsp3) is 0.391. The molecule has 2 N–H and O–H groups in total. The third-order valence-corrected chi connectivity index (χ3v) is 6.31. The number of benzene rings is 1. The quantitative estimate of drug-likeness (QED) is 0.255. The van der Waals surface area contributed by atoms with E-state index in [0.717, 1.165) is 50.1 Å². The number of ether oxygens (including phenoxy) is 1. The maximum atomic E-state index is 5.65. The first-order chi connectivity index (χ1) is 15.2. The molecule has 172 valence electrons. The van der Waals surface area contributed by atoms with Crippen LogP contribution in [0.25, 0.3) is 11.5 Å². The smallest absolute Gasteiger partial charge is 0.226 e. The Morgan fingerprint density at radius 1 is 1.19 bits per heavy atom. The van der Waals surface area contributed by atoms with Crippen molar-refractivity contribution >= 4 is 41.3 Å². The van der Waals surface area contributed by atoms with Crippen LogP contribution in [0.3, 0.4) is 0 Å². The Labute approximate surface area is 210 Å². The lowest BCUT2D eigenvalue weighted by molar-refractivity contribution is 0.0177. The zero-order valence-electron chi connectivity index (χ0n) is 18.4. The van der Waals surface area contributed by atoms with Crippen LogP contribution in [0, 0.1) is 6.92 Å². The molecule has 0 aliphatic carbocycles. The van der Waals surface area contributed by atoms with Crippen molar-refractivity contribution in [3.63, 3.8) is 0 Å². The number of nitrogens with one attached hydrogen (secondary N) is 2. The van der Waals surface area contributed by atoms with Crippen LogP contribution >= 0.6 is 35.3 Å². The zero-order valence-corrected chi connectivity index (χ0v) is 21.6. The summed E-state index contributed by atoms with van der Waals surface area (Å²) in [6, 6.07) is 12.8. The van der Waals surface area contributed by atoms with E-state index >= 15 is 0 Å². The van der Waals surface area contributed by atoms with Crippen molar-refractivity contribution in [2.45, 2.75) is 19.5 Å². The topological polar surface area (TPSA) is 74.9 Å². The second-order valence-corrected chi connectivity index (χ2v) is 8.48. The number of aromatic nitrogens is 1. The molecule has 0 spiro atoms. The highest BCUT2D eigenvalue weighted by molar-refractivity contribution is 14.0. The lowest BCUT2D eigenvalue weighted by atomic mass is 10.1. The first-order valence-corrected chi connectivity index (χ1v) is 11.4. The van der Waals surface area contributed by atoms with Gasteiger partial charge in [0.25, 0.3) is 0 Å². The number of aliphatic imine (C=N–C) groups is 1. The van der Waals surface area contributed by atoms with Crippen LogP contribution in [0.4, 0.5) is 0 Å². The van der Waals surface area contributed by atoms with Gasteiger partial charge in [-0.15, -0.1) is 35.3 Å². The van der Waals surface area contributed by atoms with Gasteiger partial charge in [0, 0.05) is 37.1 Å². The molecular formula is C23H30IN5O2S. The number of nitrogens with zero attached hydrogens (tertiary/aromatic N) is 3. The molecule has 3 heterocycles. The molecular weight excluding hydrogens is 537 g/mol. The SMILES string of the molecule is CN=C(NCc1coc(-c2ccc(C)cc2)n1)NCC(c1cccs1)N1CCOCC1.I. The molecule has 3 aromatic rings. The zero-order chi connectivity index (χ0) is 21.5. The van der Waals surface area contributed by atoms with Crippen LogP contribution < -0.4 is 10.6 Å². The number of guanidine groups is 1. The first kappa shape index (κ1) is 24.7. The predicted octanol–water partition coefficient (Wildman–Crippen LogP) is 4.07. The number of morpholine rings is 1. The van der Waals surface area contributed by atoms with Crippen molar-refractivity contribution in [1.29, 1.82) is 0 Å².